The monoisotopic (exact) mass is 818 g/mol. The van der Waals surface area contributed by atoms with E-state index in [1.54, 1.807) is 4.90 Å². The zero-order valence-corrected chi connectivity index (χ0v) is 32.8. The van der Waals surface area contributed by atoms with Gasteiger partial charge in [0.15, 0.2) is 0 Å². The van der Waals surface area contributed by atoms with Crippen LogP contribution in [0.5, 0.6) is 0 Å². The number of hydrogen-bond acceptors (Lipinski definition) is 5. The normalized spacial score (nSPS) is 24.7. The number of dihydropyridines is 1. The maximum Gasteiger partial charge on any atom is 0.410 e. The largest absolute Gasteiger partial charge is 0.444 e. The Bertz CT molecular complexity index is 1490. The van der Waals surface area contributed by atoms with Gasteiger partial charge in [0.2, 0.25) is 11.8 Å². The molecule has 11 heteroatoms. The van der Waals surface area contributed by atoms with Crippen molar-refractivity contribution in [3.63, 3.8) is 0 Å². The summed E-state index contributed by atoms with van der Waals surface area (Å²) in [5, 5.41) is 4.47. The summed E-state index contributed by atoms with van der Waals surface area (Å²) >= 11 is 14.1. The predicted octanol–water partition coefficient (Wildman–Crippen LogP) is 7.78. The molecule has 266 valence electrons. The molecule has 4 heterocycles. The number of fused-ring (bicyclic) bond motifs is 2. The maximum atomic E-state index is 13.5. The highest BCUT2D eigenvalue weighted by Gasteiger charge is 2.42. The predicted molar refractivity (Wildman–Crippen MR) is 201 cm³/mol. The summed E-state index contributed by atoms with van der Waals surface area (Å²) in [6.45, 7) is 8.88. The van der Waals surface area contributed by atoms with Gasteiger partial charge in [-0.2, -0.15) is 0 Å². The minimum absolute atomic E-state index is 0.0162. The molecule has 1 aliphatic carbocycles. The summed E-state index contributed by atoms with van der Waals surface area (Å²) in [4.78, 5) is 45.3. The molecule has 0 radical (unpaired) electrons. The summed E-state index contributed by atoms with van der Waals surface area (Å²) < 4.78 is 7.72. The van der Waals surface area contributed by atoms with Crippen molar-refractivity contribution < 1.29 is 19.1 Å². The molecular formula is C38H49Br2ClN4O4. The van der Waals surface area contributed by atoms with Gasteiger partial charge >= 0.3 is 6.09 Å². The molecule has 0 saturated carbocycles. The zero-order chi connectivity index (χ0) is 35.5. The lowest BCUT2D eigenvalue weighted by Gasteiger charge is -2.41. The van der Waals surface area contributed by atoms with Gasteiger partial charge in [-0.05, 0) is 135 Å². The molecular weight excluding hydrogens is 772 g/mol. The van der Waals surface area contributed by atoms with Gasteiger partial charge in [-0.3, -0.25) is 14.5 Å². The van der Waals surface area contributed by atoms with Gasteiger partial charge in [-0.25, -0.2) is 4.79 Å². The van der Waals surface area contributed by atoms with E-state index in [-0.39, 0.29) is 29.7 Å². The Morgan fingerprint density at radius 1 is 0.959 bits per heavy atom. The van der Waals surface area contributed by atoms with Crippen LogP contribution in [-0.4, -0.2) is 83.0 Å². The number of carbonyl (C=O) groups is 3. The summed E-state index contributed by atoms with van der Waals surface area (Å²) in [5.41, 5.74) is 3.50. The van der Waals surface area contributed by atoms with Crippen molar-refractivity contribution in [2.24, 2.45) is 11.8 Å². The number of piperidine rings is 2. The number of aryl methyl sites for hydroxylation is 1. The van der Waals surface area contributed by atoms with Gasteiger partial charge < -0.3 is 19.9 Å². The highest BCUT2D eigenvalue weighted by molar-refractivity contribution is 9.12. The number of nitrogens with one attached hydrogen (secondary N) is 1. The Morgan fingerprint density at radius 2 is 1.63 bits per heavy atom. The van der Waals surface area contributed by atoms with Crippen LogP contribution in [0.2, 0.25) is 5.02 Å². The summed E-state index contributed by atoms with van der Waals surface area (Å²) in [6.07, 6.45) is 19.4. The number of terminal acetylenes is 1. The molecule has 1 aromatic rings. The Labute approximate surface area is 313 Å². The molecule has 3 fully saturated rings. The van der Waals surface area contributed by atoms with Crippen LogP contribution in [0.25, 0.3) is 0 Å². The molecule has 0 bridgehead atoms. The first kappa shape index (κ1) is 37.8. The number of ether oxygens (including phenoxy) is 1. The Hall–Kier alpha value is -2.48. The maximum absolute atomic E-state index is 13.5. The third-order valence-electron chi connectivity index (χ3n) is 10.6. The van der Waals surface area contributed by atoms with E-state index in [4.69, 9.17) is 16.3 Å². The number of hydrogen-bond donors (Lipinski definition) is 1. The van der Waals surface area contributed by atoms with E-state index in [0.717, 1.165) is 72.0 Å². The van der Waals surface area contributed by atoms with Gasteiger partial charge in [0.25, 0.3) is 0 Å². The van der Waals surface area contributed by atoms with Gasteiger partial charge in [-0.15, -0.1) is 12.8 Å². The minimum Gasteiger partial charge on any atom is -0.444 e. The van der Waals surface area contributed by atoms with E-state index in [1.807, 2.05) is 31.7 Å². The van der Waals surface area contributed by atoms with Crippen LogP contribution >= 0.6 is 43.5 Å². The fourth-order valence-electron chi connectivity index (χ4n) is 8.33. The van der Waals surface area contributed by atoms with Crippen molar-refractivity contribution in [3.8, 4) is 12.8 Å². The van der Waals surface area contributed by atoms with E-state index < -0.39 is 17.7 Å². The molecule has 0 aromatic heterocycles. The molecule has 3 saturated heterocycles. The average Bonchev–Trinajstić information content (AvgIpc) is 3.50. The van der Waals surface area contributed by atoms with Crippen molar-refractivity contribution in [2.75, 3.05) is 32.7 Å². The van der Waals surface area contributed by atoms with Crippen LogP contribution in [0, 0.1) is 24.7 Å². The molecule has 49 heavy (non-hydrogen) atoms. The Balaban J connectivity index is 0.00000230. The molecule has 1 unspecified atom stereocenters. The lowest BCUT2D eigenvalue weighted by Crippen LogP contribution is -2.51. The SMILES string of the molecule is C#C.CC(C)(C)OC(=O)N1CCC[C@H]1C(=O)N1CCC(CC(=O)N2CCC([C@@H]3c4c(Br)cc(Cl)cc4CCC4=CC(Br)=CNC43)CC2)CC1. The molecule has 3 amide bonds. The number of halogens is 3. The fraction of sp³-hybridized carbons (Fsp3) is 0.605. The van der Waals surface area contributed by atoms with Gasteiger partial charge in [0.1, 0.15) is 11.6 Å². The van der Waals surface area contributed by atoms with E-state index in [2.05, 4.69) is 73.3 Å². The van der Waals surface area contributed by atoms with E-state index >= 15 is 0 Å². The van der Waals surface area contributed by atoms with Crippen LogP contribution in [0.4, 0.5) is 4.79 Å². The fourth-order valence-corrected chi connectivity index (χ4v) is 9.90. The summed E-state index contributed by atoms with van der Waals surface area (Å²) in [6, 6.07) is 3.93. The number of likely N-dealkylation sites (tertiary alicyclic amines) is 3. The molecule has 5 aliphatic rings. The summed E-state index contributed by atoms with van der Waals surface area (Å²) in [5.74, 6) is 1.24. The molecule has 3 atom stereocenters. The molecule has 4 aliphatic heterocycles. The lowest BCUT2D eigenvalue weighted by atomic mass is 9.73. The highest BCUT2D eigenvalue weighted by atomic mass is 79.9. The second-order valence-electron chi connectivity index (χ2n) is 14.9. The van der Waals surface area contributed by atoms with E-state index in [0.29, 0.717) is 38.4 Å². The first-order valence-corrected chi connectivity index (χ1v) is 19.5. The lowest BCUT2D eigenvalue weighted by molar-refractivity contribution is -0.138. The second-order valence-corrected chi connectivity index (χ2v) is 17.1. The van der Waals surface area contributed by atoms with Crippen molar-refractivity contribution in [2.45, 2.75) is 102 Å². The number of benzene rings is 1. The number of allylic oxidation sites excluding steroid dienone is 2. The van der Waals surface area contributed by atoms with E-state index in [1.165, 1.54) is 16.7 Å². The van der Waals surface area contributed by atoms with Crippen LogP contribution in [0.1, 0.15) is 89.2 Å². The van der Waals surface area contributed by atoms with Crippen molar-refractivity contribution >= 4 is 61.4 Å². The average molecular weight is 821 g/mol. The smallest absolute Gasteiger partial charge is 0.410 e. The Kier molecular flexibility index (Phi) is 12.5. The van der Waals surface area contributed by atoms with Gasteiger partial charge in [0, 0.05) is 65.2 Å². The van der Waals surface area contributed by atoms with Gasteiger partial charge in [-0.1, -0.05) is 27.5 Å². The van der Waals surface area contributed by atoms with E-state index in [9.17, 15) is 14.4 Å². The number of rotatable bonds is 4. The zero-order valence-electron chi connectivity index (χ0n) is 28.9. The number of nitrogens with zero attached hydrogens (tertiary/aromatic N) is 3. The van der Waals surface area contributed by atoms with Crippen LogP contribution < -0.4 is 5.32 Å². The van der Waals surface area contributed by atoms with Gasteiger partial charge in [0.05, 0.1) is 6.04 Å². The Morgan fingerprint density at radius 3 is 2.31 bits per heavy atom. The first-order chi connectivity index (χ1) is 23.4. The second kappa shape index (κ2) is 16.2. The topological polar surface area (TPSA) is 82.2 Å². The highest BCUT2D eigenvalue weighted by Crippen LogP contribution is 2.47. The number of carbonyl (C=O) groups excluding carboxylic acids is 3. The van der Waals surface area contributed by atoms with Crippen LogP contribution in [-0.2, 0) is 20.7 Å². The third kappa shape index (κ3) is 8.88. The van der Waals surface area contributed by atoms with Crippen LogP contribution in [0.3, 0.4) is 0 Å². The van der Waals surface area contributed by atoms with Crippen molar-refractivity contribution in [3.05, 3.63) is 55.1 Å². The van der Waals surface area contributed by atoms with Crippen molar-refractivity contribution in [1.82, 2.24) is 20.0 Å². The summed E-state index contributed by atoms with van der Waals surface area (Å²) in [7, 11) is 0. The van der Waals surface area contributed by atoms with Crippen molar-refractivity contribution in [1.29, 1.82) is 0 Å². The molecule has 8 nitrogen and oxygen atoms in total. The third-order valence-corrected chi connectivity index (χ3v) is 12.0. The molecule has 1 aromatic carbocycles. The minimum atomic E-state index is -0.594. The molecule has 0 spiro atoms. The number of amides is 3. The quantitative estimate of drug-likeness (QED) is 0.314. The standard InChI is InChI=1S/C36H47Br2ClN4O4.C2H2/c1-36(2,3)47-35(46)43-12-4-5-29(43)34(45)42-13-8-22(9-14-42)17-30(44)41-15-10-23(11-16-41)32-31-24(19-27(39)20-28(31)38)6-7-25-18-26(37)21-40-33(25)32;1-2/h18-23,29,32-33,40H,4-17H2,1-3H3;1-2H/t29-,32+,33?;/m0./s1. The first-order valence-electron chi connectivity index (χ1n) is 17.6. The molecule has 6 rings (SSSR count). The molecule has 1 N–H and O–H groups in total. The van der Waals surface area contributed by atoms with Crippen LogP contribution in [0.15, 0.2) is 38.9 Å².